The molecule has 0 radical (unpaired) electrons. The van der Waals surface area contributed by atoms with Gasteiger partial charge in [-0.15, -0.1) is 0 Å². The van der Waals surface area contributed by atoms with Crippen LogP contribution in [0.4, 0.5) is 0 Å². The lowest BCUT2D eigenvalue weighted by Crippen LogP contribution is -2.29. The second kappa shape index (κ2) is 9.08. The van der Waals surface area contributed by atoms with Gasteiger partial charge in [0.1, 0.15) is 12.4 Å². The Morgan fingerprint density at radius 2 is 1.75 bits per heavy atom. The summed E-state index contributed by atoms with van der Waals surface area (Å²) in [5, 5.41) is 12.7. The zero-order valence-electron chi connectivity index (χ0n) is 14.2. The first-order valence-corrected chi connectivity index (χ1v) is 8.30. The van der Waals surface area contributed by atoms with Crippen LogP contribution in [-0.2, 0) is 6.61 Å². The van der Waals surface area contributed by atoms with Crippen molar-refractivity contribution in [1.82, 2.24) is 5.32 Å². The Bertz CT molecular complexity index is 640. The number of carbonyl (C=O) groups is 1. The summed E-state index contributed by atoms with van der Waals surface area (Å²) >= 11 is 0. The SMILES string of the molecule is CC(C)C(O)CCNC(=O)c1ccccc1COc1ccccc1. The molecule has 24 heavy (non-hydrogen) atoms. The van der Waals surface area contributed by atoms with E-state index in [9.17, 15) is 9.90 Å². The summed E-state index contributed by atoms with van der Waals surface area (Å²) in [4.78, 5) is 12.4. The summed E-state index contributed by atoms with van der Waals surface area (Å²) in [6, 6.07) is 16.9. The molecule has 0 aromatic heterocycles. The van der Waals surface area contributed by atoms with Crippen molar-refractivity contribution in [3.05, 3.63) is 65.7 Å². The van der Waals surface area contributed by atoms with Crippen LogP contribution in [0.2, 0.25) is 0 Å². The van der Waals surface area contributed by atoms with Crippen molar-refractivity contribution in [2.24, 2.45) is 5.92 Å². The highest BCUT2D eigenvalue weighted by Gasteiger charge is 2.13. The minimum Gasteiger partial charge on any atom is -0.489 e. The lowest BCUT2D eigenvalue weighted by molar-refractivity contribution is 0.0918. The summed E-state index contributed by atoms with van der Waals surface area (Å²) in [6.07, 6.45) is 0.147. The highest BCUT2D eigenvalue weighted by Crippen LogP contribution is 2.15. The van der Waals surface area contributed by atoms with Gasteiger partial charge in [-0.1, -0.05) is 50.2 Å². The van der Waals surface area contributed by atoms with E-state index in [1.165, 1.54) is 0 Å². The fraction of sp³-hybridized carbons (Fsp3) is 0.350. The number of ether oxygens (including phenoxy) is 1. The maximum Gasteiger partial charge on any atom is 0.251 e. The van der Waals surface area contributed by atoms with E-state index in [1.807, 2.05) is 62.4 Å². The number of nitrogens with one attached hydrogen (secondary N) is 1. The fourth-order valence-electron chi connectivity index (χ4n) is 2.31. The number of rotatable bonds is 8. The van der Waals surface area contributed by atoms with Crippen molar-refractivity contribution < 1.29 is 14.6 Å². The largest absolute Gasteiger partial charge is 0.489 e. The number of aliphatic hydroxyl groups is 1. The van der Waals surface area contributed by atoms with Crippen LogP contribution >= 0.6 is 0 Å². The number of para-hydroxylation sites is 1. The predicted molar refractivity (Wildman–Crippen MR) is 95.0 cm³/mol. The standard InChI is InChI=1S/C20H25NO3/c1-15(2)19(22)12-13-21-20(23)18-11-7-6-8-16(18)14-24-17-9-4-3-5-10-17/h3-11,15,19,22H,12-14H2,1-2H3,(H,21,23). The Morgan fingerprint density at radius 3 is 2.46 bits per heavy atom. The van der Waals surface area contributed by atoms with Gasteiger partial charge in [0.15, 0.2) is 0 Å². The number of hydrogen-bond acceptors (Lipinski definition) is 3. The molecule has 0 spiro atoms. The van der Waals surface area contributed by atoms with Gasteiger partial charge in [0.05, 0.1) is 6.10 Å². The lowest BCUT2D eigenvalue weighted by Gasteiger charge is -2.15. The quantitative estimate of drug-likeness (QED) is 0.781. The van der Waals surface area contributed by atoms with Crippen LogP contribution in [0.5, 0.6) is 5.75 Å². The lowest BCUT2D eigenvalue weighted by atomic mass is 10.0. The number of benzene rings is 2. The molecule has 2 aromatic carbocycles. The minimum absolute atomic E-state index is 0.141. The van der Waals surface area contributed by atoms with E-state index in [0.29, 0.717) is 25.1 Å². The third-order valence-electron chi connectivity index (χ3n) is 3.89. The van der Waals surface area contributed by atoms with Crippen molar-refractivity contribution in [3.63, 3.8) is 0 Å². The highest BCUT2D eigenvalue weighted by atomic mass is 16.5. The van der Waals surface area contributed by atoms with E-state index >= 15 is 0 Å². The molecule has 0 saturated heterocycles. The zero-order chi connectivity index (χ0) is 17.4. The van der Waals surface area contributed by atoms with Crippen molar-refractivity contribution in [2.75, 3.05) is 6.54 Å². The third kappa shape index (κ3) is 5.39. The maximum atomic E-state index is 12.4. The molecular weight excluding hydrogens is 302 g/mol. The molecule has 0 fully saturated rings. The average molecular weight is 327 g/mol. The Balaban J connectivity index is 1.93. The molecule has 0 aliphatic carbocycles. The van der Waals surface area contributed by atoms with Gasteiger partial charge in [-0.3, -0.25) is 4.79 Å². The topological polar surface area (TPSA) is 58.6 Å². The first-order valence-electron chi connectivity index (χ1n) is 8.30. The van der Waals surface area contributed by atoms with Gasteiger partial charge >= 0.3 is 0 Å². The summed E-state index contributed by atoms with van der Waals surface area (Å²) in [7, 11) is 0. The van der Waals surface area contributed by atoms with Crippen LogP contribution in [-0.4, -0.2) is 23.7 Å². The van der Waals surface area contributed by atoms with Crippen LogP contribution < -0.4 is 10.1 Å². The van der Waals surface area contributed by atoms with Crippen LogP contribution in [0.15, 0.2) is 54.6 Å². The molecule has 0 aliphatic heterocycles. The van der Waals surface area contributed by atoms with E-state index in [0.717, 1.165) is 11.3 Å². The number of amides is 1. The minimum atomic E-state index is -0.401. The Hall–Kier alpha value is -2.33. The van der Waals surface area contributed by atoms with E-state index in [-0.39, 0.29) is 11.8 Å². The smallest absolute Gasteiger partial charge is 0.251 e. The predicted octanol–water partition coefficient (Wildman–Crippen LogP) is 3.40. The molecule has 1 amide bonds. The summed E-state index contributed by atoms with van der Waals surface area (Å²) in [5.74, 6) is 0.819. The number of aliphatic hydroxyl groups excluding tert-OH is 1. The molecule has 2 aromatic rings. The summed E-state index contributed by atoms with van der Waals surface area (Å²) in [5.41, 5.74) is 1.44. The molecule has 0 aliphatic rings. The summed E-state index contributed by atoms with van der Waals surface area (Å²) in [6.45, 7) is 4.71. The van der Waals surface area contributed by atoms with Gasteiger partial charge in [0, 0.05) is 17.7 Å². The van der Waals surface area contributed by atoms with Gasteiger partial charge in [-0.05, 0) is 30.5 Å². The molecule has 0 bridgehead atoms. The second-order valence-corrected chi connectivity index (χ2v) is 6.11. The van der Waals surface area contributed by atoms with Crippen LogP contribution in [0.25, 0.3) is 0 Å². The van der Waals surface area contributed by atoms with Crippen LogP contribution in [0, 0.1) is 5.92 Å². The van der Waals surface area contributed by atoms with Crippen LogP contribution in [0.3, 0.4) is 0 Å². The van der Waals surface area contributed by atoms with Crippen molar-refractivity contribution in [1.29, 1.82) is 0 Å². The molecule has 4 nitrogen and oxygen atoms in total. The Labute approximate surface area is 143 Å². The van der Waals surface area contributed by atoms with Crippen molar-refractivity contribution >= 4 is 5.91 Å². The van der Waals surface area contributed by atoms with E-state index in [2.05, 4.69) is 5.32 Å². The van der Waals surface area contributed by atoms with Gasteiger partial charge in [0.2, 0.25) is 0 Å². The molecule has 2 N–H and O–H groups in total. The third-order valence-corrected chi connectivity index (χ3v) is 3.89. The molecular formula is C20H25NO3. The van der Waals surface area contributed by atoms with Crippen molar-refractivity contribution in [2.45, 2.75) is 33.0 Å². The molecule has 128 valence electrons. The van der Waals surface area contributed by atoms with Gasteiger partial charge < -0.3 is 15.2 Å². The van der Waals surface area contributed by atoms with Gasteiger partial charge in [-0.25, -0.2) is 0 Å². The number of carbonyl (C=O) groups excluding carboxylic acids is 1. The zero-order valence-corrected chi connectivity index (χ0v) is 14.2. The first kappa shape index (κ1) is 18.0. The highest BCUT2D eigenvalue weighted by molar-refractivity contribution is 5.95. The molecule has 0 saturated carbocycles. The van der Waals surface area contributed by atoms with Crippen molar-refractivity contribution in [3.8, 4) is 5.75 Å². The molecule has 2 rings (SSSR count). The molecule has 1 unspecified atom stereocenters. The normalized spacial score (nSPS) is 12.0. The Morgan fingerprint density at radius 1 is 1.08 bits per heavy atom. The van der Waals surface area contributed by atoms with Gasteiger partial charge in [-0.2, -0.15) is 0 Å². The fourth-order valence-corrected chi connectivity index (χ4v) is 2.31. The van der Waals surface area contributed by atoms with E-state index in [1.54, 1.807) is 6.07 Å². The molecule has 0 heterocycles. The van der Waals surface area contributed by atoms with Gasteiger partial charge in [0.25, 0.3) is 5.91 Å². The summed E-state index contributed by atoms with van der Waals surface area (Å²) < 4.78 is 5.74. The monoisotopic (exact) mass is 327 g/mol. The Kier molecular flexibility index (Phi) is 6.82. The molecule has 4 heteroatoms. The molecule has 1 atom stereocenters. The number of hydrogen-bond donors (Lipinski definition) is 2. The second-order valence-electron chi connectivity index (χ2n) is 6.11. The average Bonchev–Trinajstić information content (AvgIpc) is 2.60. The first-order chi connectivity index (χ1) is 11.6. The van der Waals surface area contributed by atoms with E-state index < -0.39 is 6.10 Å². The van der Waals surface area contributed by atoms with E-state index in [4.69, 9.17) is 4.74 Å². The van der Waals surface area contributed by atoms with Crippen LogP contribution in [0.1, 0.15) is 36.2 Å². The maximum absolute atomic E-state index is 12.4.